The standard InChI is InChI=1S/C52H35N/c1-3-12-36(13-4-1)39-22-26-44(27-23-39)53(45-28-24-38-16-7-8-18-41(38)33-45)46-34-42(37-14-5-2-6-15-37)32-43(35-46)48-20-11-21-49-51(48)31-30-50-47-19-10-9-17-40(47)25-29-52(49)50/h1-35H. The predicted molar refractivity (Wildman–Crippen MR) is 227 cm³/mol. The maximum atomic E-state index is 2.41. The van der Waals surface area contributed by atoms with Crippen LogP contribution in [0.1, 0.15) is 0 Å². The third-order valence-corrected chi connectivity index (χ3v) is 10.6. The molecule has 10 aromatic carbocycles. The van der Waals surface area contributed by atoms with E-state index in [0.29, 0.717) is 0 Å². The first-order valence-electron chi connectivity index (χ1n) is 18.3. The Kier molecular flexibility index (Phi) is 7.55. The fraction of sp³-hybridized carbons (Fsp3) is 0. The fourth-order valence-corrected chi connectivity index (χ4v) is 8.00. The first kappa shape index (κ1) is 30.8. The zero-order valence-corrected chi connectivity index (χ0v) is 29.2. The molecule has 0 spiro atoms. The third-order valence-electron chi connectivity index (χ3n) is 10.6. The van der Waals surface area contributed by atoms with E-state index in [4.69, 9.17) is 0 Å². The molecule has 1 heteroatoms. The summed E-state index contributed by atoms with van der Waals surface area (Å²) in [4.78, 5) is 2.41. The molecule has 0 saturated carbocycles. The molecule has 0 atom stereocenters. The van der Waals surface area contributed by atoms with Crippen LogP contribution in [0.2, 0.25) is 0 Å². The Hall–Kier alpha value is -6.96. The number of hydrogen-bond acceptors (Lipinski definition) is 1. The summed E-state index contributed by atoms with van der Waals surface area (Å²) in [7, 11) is 0. The zero-order valence-electron chi connectivity index (χ0n) is 29.2. The van der Waals surface area contributed by atoms with Crippen molar-refractivity contribution >= 4 is 60.2 Å². The monoisotopic (exact) mass is 673 g/mol. The Morgan fingerprint density at radius 3 is 1.55 bits per heavy atom. The summed E-state index contributed by atoms with van der Waals surface area (Å²) in [5.74, 6) is 0. The van der Waals surface area contributed by atoms with Crippen molar-refractivity contribution in [1.82, 2.24) is 0 Å². The van der Waals surface area contributed by atoms with E-state index in [9.17, 15) is 0 Å². The quantitative estimate of drug-likeness (QED) is 0.159. The first-order valence-corrected chi connectivity index (χ1v) is 18.3. The van der Waals surface area contributed by atoms with Crippen LogP contribution >= 0.6 is 0 Å². The predicted octanol–water partition coefficient (Wildman–Crippen LogP) is 14.8. The lowest BCUT2D eigenvalue weighted by Gasteiger charge is -2.27. The van der Waals surface area contributed by atoms with Crippen LogP contribution in [0.3, 0.4) is 0 Å². The largest absolute Gasteiger partial charge is 0.310 e. The van der Waals surface area contributed by atoms with E-state index in [-0.39, 0.29) is 0 Å². The summed E-state index contributed by atoms with van der Waals surface area (Å²) in [6.45, 7) is 0. The van der Waals surface area contributed by atoms with Crippen LogP contribution in [0.15, 0.2) is 212 Å². The van der Waals surface area contributed by atoms with Crippen molar-refractivity contribution in [1.29, 1.82) is 0 Å². The van der Waals surface area contributed by atoms with E-state index in [2.05, 4.69) is 217 Å². The van der Waals surface area contributed by atoms with Crippen molar-refractivity contribution in [2.45, 2.75) is 0 Å². The zero-order chi connectivity index (χ0) is 35.1. The molecule has 53 heavy (non-hydrogen) atoms. The van der Waals surface area contributed by atoms with Crippen LogP contribution in [-0.2, 0) is 0 Å². The summed E-state index contributed by atoms with van der Waals surface area (Å²) in [5.41, 5.74) is 10.5. The lowest BCUT2D eigenvalue weighted by molar-refractivity contribution is 1.29. The summed E-state index contributed by atoms with van der Waals surface area (Å²) < 4.78 is 0. The highest BCUT2D eigenvalue weighted by molar-refractivity contribution is 6.19. The summed E-state index contributed by atoms with van der Waals surface area (Å²) in [5, 5.41) is 10.1. The Morgan fingerprint density at radius 2 is 0.755 bits per heavy atom. The van der Waals surface area contributed by atoms with E-state index < -0.39 is 0 Å². The fourth-order valence-electron chi connectivity index (χ4n) is 8.00. The molecule has 0 aliphatic carbocycles. The van der Waals surface area contributed by atoms with Crippen molar-refractivity contribution in [2.75, 3.05) is 4.90 Å². The highest BCUT2D eigenvalue weighted by Gasteiger charge is 2.18. The van der Waals surface area contributed by atoms with Gasteiger partial charge in [0.2, 0.25) is 0 Å². The van der Waals surface area contributed by atoms with Crippen LogP contribution in [0.25, 0.3) is 76.5 Å². The van der Waals surface area contributed by atoms with E-state index in [1.54, 1.807) is 0 Å². The molecule has 1 nitrogen and oxygen atoms in total. The van der Waals surface area contributed by atoms with Gasteiger partial charge in [-0.15, -0.1) is 0 Å². The second-order valence-corrected chi connectivity index (χ2v) is 13.8. The summed E-state index contributed by atoms with van der Waals surface area (Å²) in [6.07, 6.45) is 0. The number of hydrogen-bond donors (Lipinski definition) is 0. The van der Waals surface area contributed by atoms with Crippen molar-refractivity contribution in [3.63, 3.8) is 0 Å². The number of nitrogens with zero attached hydrogens (tertiary/aromatic N) is 1. The van der Waals surface area contributed by atoms with Crippen molar-refractivity contribution < 1.29 is 0 Å². The highest BCUT2D eigenvalue weighted by Crippen LogP contribution is 2.43. The molecule has 0 heterocycles. The van der Waals surface area contributed by atoms with Gasteiger partial charge in [0.25, 0.3) is 0 Å². The van der Waals surface area contributed by atoms with Crippen LogP contribution in [0.4, 0.5) is 17.1 Å². The second kappa shape index (κ2) is 13.0. The highest BCUT2D eigenvalue weighted by atomic mass is 15.1. The Morgan fingerprint density at radius 1 is 0.226 bits per heavy atom. The maximum absolute atomic E-state index is 2.41. The van der Waals surface area contributed by atoms with Gasteiger partial charge in [-0.05, 0) is 119 Å². The molecule has 10 rings (SSSR count). The van der Waals surface area contributed by atoms with Gasteiger partial charge in [0.1, 0.15) is 0 Å². The Labute approximate surface area is 309 Å². The van der Waals surface area contributed by atoms with Crippen molar-refractivity contribution in [2.24, 2.45) is 0 Å². The van der Waals surface area contributed by atoms with Gasteiger partial charge in [0.05, 0.1) is 0 Å². The van der Waals surface area contributed by atoms with E-state index in [1.165, 1.54) is 76.5 Å². The smallest absolute Gasteiger partial charge is 0.0473 e. The van der Waals surface area contributed by atoms with Crippen LogP contribution < -0.4 is 4.90 Å². The second-order valence-electron chi connectivity index (χ2n) is 13.8. The van der Waals surface area contributed by atoms with Gasteiger partial charge in [-0.1, -0.05) is 170 Å². The van der Waals surface area contributed by atoms with Gasteiger partial charge >= 0.3 is 0 Å². The number of anilines is 3. The molecule has 0 bridgehead atoms. The molecule has 0 amide bonds. The van der Waals surface area contributed by atoms with Gasteiger partial charge in [0, 0.05) is 17.1 Å². The van der Waals surface area contributed by atoms with E-state index >= 15 is 0 Å². The molecule has 0 saturated heterocycles. The molecule has 0 aliphatic rings. The topological polar surface area (TPSA) is 3.24 Å². The average Bonchev–Trinajstić information content (AvgIpc) is 3.24. The van der Waals surface area contributed by atoms with Gasteiger partial charge in [0.15, 0.2) is 0 Å². The SMILES string of the molecule is c1ccc(-c2ccc(N(c3cc(-c4ccccc4)cc(-c4cccc5c4ccc4c6ccccc6ccc54)c3)c3ccc4ccccc4c3)cc2)cc1. The summed E-state index contributed by atoms with van der Waals surface area (Å²) >= 11 is 0. The first-order chi connectivity index (χ1) is 26.3. The molecular formula is C52H35N. The number of fused-ring (bicyclic) bond motifs is 6. The van der Waals surface area contributed by atoms with Gasteiger partial charge in [-0.25, -0.2) is 0 Å². The van der Waals surface area contributed by atoms with Crippen molar-refractivity contribution in [3.05, 3.63) is 212 Å². The maximum Gasteiger partial charge on any atom is 0.0473 e. The average molecular weight is 674 g/mol. The molecule has 0 N–H and O–H groups in total. The molecule has 0 fully saturated rings. The summed E-state index contributed by atoms with van der Waals surface area (Å²) in [6, 6.07) is 77.4. The third kappa shape index (κ3) is 5.60. The van der Waals surface area contributed by atoms with Crippen LogP contribution in [0, 0.1) is 0 Å². The molecule has 0 unspecified atom stereocenters. The molecular weight excluding hydrogens is 639 g/mol. The van der Waals surface area contributed by atoms with Gasteiger partial charge in [-0.3, -0.25) is 0 Å². The molecule has 248 valence electrons. The lowest BCUT2D eigenvalue weighted by atomic mass is 9.91. The molecule has 10 aromatic rings. The minimum absolute atomic E-state index is 1.10. The number of rotatable bonds is 6. The molecule has 0 aliphatic heterocycles. The number of benzene rings is 10. The van der Waals surface area contributed by atoms with Crippen molar-refractivity contribution in [3.8, 4) is 33.4 Å². The molecule has 0 aromatic heterocycles. The normalized spacial score (nSPS) is 11.4. The van der Waals surface area contributed by atoms with Gasteiger partial charge < -0.3 is 4.90 Å². The van der Waals surface area contributed by atoms with E-state index in [1.807, 2.05) is 0 Å². The van der Waals surface area contributed by atoms with Crippen LogP contribution in [0.5, 0.6) is 0 Å². The molecule has 0 radical (unpaired) electrons. The van der Waals surface area contributed by atoms with Gasteiger partial charge in [-0.2, -0.15) is 0 Å². The Balaban J connectivity index is 1.20. The minimum Gasteiger partial charge on any atom is -0.310 e. The Bertz CT molecular complexity index is 2930. The van der Waals surface area contributed by atoms with E-state index in [0.717, 1.165) is 17.1 Å². The lowest BCUT2D eigenvalue weighted by Crippen LogP contribution is -2.10. The van der Waals surface area contributed by atoms with Crippen LogP contribution in [-0.4, -0.2) is 0 Å². The minimum atomic E-state index is 1.10.